The Morgan fingerprint density at radius 2 is 0.570 bits per heavy atom. The van der Waals surface area contributed by atoms with Crippen molar-refractivity contribution in [2.24, 2.45) is 0 Å². The van der Waals surface area contributed by atoms with E-state index in [1.165, 1.54) is 0 Å². The lowest BCUT2D eigenvalue weighted by atomic mass is 9.33. The molecule has 0 bridgehead atoms. The number of benzene rings is 15. The van der Waals surface area contributed by atoms with Gasteiger partial charge in [0.05, 0.1) is 55.4 Å². The summed E-state index contributed by atoms with van der Waals surface area (Å²) >= 11 is 0. The molecule has 0 saturated heterocycles. The predicted octanol–water partition coefficient (Wildman–Crippen LogP) is 25.9. The smallest absolute Gasteiger partial charge is 0.252 e. The van der Waals surface area contributed by atoms with Crippen LogP contribution < -0.4 is 26.2 Å². The molecule has 0 saturated carbocycles. The maximum Gasteiger partial charge on any atom is 0.252 e. The highest BCUT2D eigenvalue weighted by Gasteiger charge is 2.46. The van der Waals surface area contributed by atoms with E-state index in [9.17, 15) is 16.4 Å². The van der Waals surface area contributed by atoms with Gasteiger partial charge >= 0.3 is 0 Å². The summed E-state index contributed by atoms with van der Waals surface area (Å²) < 4.78 is 156. The van der Waals surface area contributed by atoms with Gasteiger partial charge in [-0.1, -0.05) is 329 Å². The second-order valence-electron chi connectivity index (χ2n) is 31.3. The normalized spacial score (nSPS) is 14.9. The van der Waals surface area contributed by atoms with Gasteiger partial charge in [0.15, 0.2) is 0 Å². The third kappa shape index (κ3) is 11.0. The molecule has 2 aromatic heterocycles. The largest absolute Gasteiger partial charge is 0.310 e. The minimum atomic E-state index is -0.785. The van der Waals surface area contributed by atoms with Gasteiger partial charge in [0.1, 0.15) is 0 Å². The molecule has 5 heteroatoms. The molecule has 0 aliphatic carbocycles. The van der Waals surface area contributed by atoms with E-state index in [0.29, 0.717) is 22.7 Å². The predicted molar refractivity (Wildman–Crippen MR) is 458 cm³/mol. The molecule has 0 unspecified atom stereocenters. The van der Waals surface area contributed by atoms with Crippen molar-refractivity contribution in [3.63, 3.8) is 0 Å². The van der Waals surface area contributed by atoms with Gasteiger partial charge in [0.25, 0.3) is 6.71 Å². The van der Waals surface area contributed by atoms with Crippen molar-refractivity contribution in [2.75, 3.05) is 9.80 Å². The Balaban J connectivity index is 1.03. The molecule has 514 valence electrons. The molecule has 17 aromatic rings. The summed E-state index contributed by atoms with van der Waals surface area (Å²) in [7, 11) is 0. The number of rotatable bonds is 10. The number of para-hydroxylation sites is 6. The van der Waals surface area contributed by atoms with Crippen LogP contribution in [0.4, 0.5) is 34.1 Å². The molecule has 15 aromatic carbocycles. The number of fused-ring (bicyclic) bond motifs is 10. The zero-order valence-corrected chi connectivity index (χ0v) is 61.0. The van der Waals surface area contributed by atoms with Crippen LogP contribution in [0.3, 0.4) is 0 Å². The highest BCUT2D eigenvalue weighted by Crippen LogP contribution is 2.55. The van der Waals surface area contributed by atoms with Crippen LogP contribution in [0.25, 0.3) is 122 Å². The van der Waals surface area contributed by atoms with Crippen LogP contribution in [0.2, 0.25) is 0 Å². The number of hydrogen-bond donors (Lipinski definition) is 0. The fraction of sp³-hybridized carbons (Fsp3) is 0.118. The van der Waals surface area contributed by atoms with Crippen LogP contribution in [0, 0.1) is 0 Å². The molecule has 0 spiro atoms. The zero-order chi connectivity index (χ0) is 86.5. The Morgan fingerprint density at radius 3 is 0.925 bits per heavy atom. The summed E-state index contributed by atoms with van der Waals surface area (Å²) in [5, 5.41) is -0.296. The minimum absolute atomic E-state index is 0.0522. The lowest BCUT2D eigenvalue weighted by Gasteiger charge is -2.46. The van der Waals surface area contributed by atoms with Crippen molar-refractivity contribution in [3.8, 4) is 78.1 Å². The molecule has 0 atom stereocenters. The van der Waals surface area contributed by atoms with Crippen LogP contribution in [0.1, 0.15) is 101 Å². The first kappa shape index (κ1) is 50.1. The molecule has 4 heterocycles. The van der Waals surface area contributed by atoms with Crippen LogP contribution in [-0.4, -0.2) is 15.8 Å². The van der Waals surface area contributed by atoms with Gasteiger partial charge in [0.2, 0.25) is 0 Å². The molecule has 19 rings (SSSR count). The maximum atomic E-state index is 9.94. The Labute approximate surface area is 651 Å². The molecule has 0 amide bonds. The molecule has 2 aliphatic heterocycles. The summed E-state index contributed by atoms with van der Waals surface area (Å²) in [6.07, 6.45) is 0. The first-order chi connectivity index (χ1) is 58.6. The van der Waals surface area contributed by atoms with Gasteiger partial charge in [-0.25, -0.2) is 0 Å². The van der Waals surface area contributed by atoms with Gasteiger partial charge in [-0.3, -0.25) is 0 Å². The van der Waals surface area contributed by atoms with Crippen LogP contribution in [0.5, 0.6) is 0 Å². The first-order valence-electron chi connectivity index (χ1n) is 44.5. The summed E-state index contributed by atoms with van der Waals surface area (Å²) in [5.74, 6) is 0. The van der Waals surface area contributed by atoms with Crippen molar-refractivity contribution >= 4 is 101 Å². The van der Waals surface area contributed by atoms with Crippen LogP contribution >= 0.6 is 0 Å². The highest BCUT2D eigenvalue weighted by molar-refractivity contribution is 7.00. The fourth-order valence-electron chi connectivity index (χ4n) is 16.3. The second-order valence-corrected chi connectivity index (χ2v) is 31.3. The van der Waals surface area contributed by atoms with E-state index in [1.807, 2.05) is 72.8 Å². The number of hydrogen-bond acceptors (Lipinski definition) is 2. The van der Waals surface area contributed by atoms with Crippen molar-refractivity contribution in [1.29, 1.82) is 0 Å². The van der Waals surface area contributed by atoms with Gasteiger partial charge < -0.3 is 18.9 Å². The Kier molecular flexibility index (Phi) is 11.8. The number of aromatic nitrogens is 2. The topological polar surface area (TPSA) is 16.3 Å². The molecule has 4 nitrogen and oxygen atoms in total. The van der Waals surface area contributed by atoms with E-state index in [1.54, 1.807) is 9.13 Å². The summed E-state index contributed by atoms with van der Waals surface area (Å²) in [4.78, 5) is 4.70. The van der Waals surface area contributed by atoms with E-state index >= 15 is 0 Å². The minimum Gasteiger partial charge on any atom is -0.310 e. The molecular weight excluding hydrogens is 1290 g/mol. The van der Waals surface area contributed by atoms with E-state index in [0.717, 1.165) is 123 Å². The molecule has 107 heavy (non-hydrogen) atoms. The molecule has 0 radical (unpaired) electrons. The summed E-state index contributed by atoms with van der Waals surface area (Å²) in [6.45, 7) is 19.0. The summed E-state index contributed by atoms with van der Waals surface area (Å²) in [6, 6.07) is 75.9. The lowest BCUT2D eigenvalue weighted by Crippen LogP contribution is -2.61. The van der Waals surface area contributed by atoms with E-state index in [4.69, 9.17) is 5.48 Å². The van der Waals surface area contributed by atoms with Crippen LogP contribution in [-0.2, 0) is 16.2 Å². The summed E-state index contributed by atoms with van der Waals surface area (Å²) in [5.41, 5.74) is 19.6. The third-order valence-corrected chi connectivity index (χ3v) is 21.6. The first-order valence-corrected chi connectivity index (χ1v) is 36.5. The quantitative estimate of drug-likeness (QED) is 0.127. The fourth-order valence-corrected chi connectivity index (χ4v) is 16.3. The van der Waals surface area contributed by atoms with Crippen molar-refractivity contribution < 1.29 is 21.9 Å². The molecule has 2 aliphatic rings. The van der Waals surface area contributed by atoms with Gasteiger partial charge in [0, 0.05) is 77.9 Å². The SMILES string of the molecule is [2H]c1c([2H])c([2H])c2c(c1[2H])c1c([2H])c([2H])c([2H])c([2H])c1n2-c1ccc2c(c1)N(c1c(-c3cccc(-c4ccccc4)c3)cccc1-c1cccc(C(C)(C)C)c1)c1cc(C(C)(C)C)cc3c1B2c1ccc(-n2c4c([2H])c([2H])c([2H])c([2H])c4c4c([2H])c([2H])c([2H])c([2H])c42)cc1N3c1c(-c2cccc(-c3ccccc3)c2)cccc1-c1cccc(C(C)(C)C)c1. The van der Waals surface area contributed by atoms with E-state index in [2.05, 4.69) is 242 Å². The third-order valence-electron chi connectivity index (χ3n) is 21.6. The van der Waals surface area contributed by atoms with Crippen molar-refractivity contribution in [2.45, 2.75) is 78.6 Å². The Hall–Kier alpha value is -12.4. The van der Waals surface area contributed by atoms with Crippen molar-refractivity contribution in [3.05, 3.63) is 356 Å². The maximum absolute atomic E-state index is 9.94. The molecule has 0 fully saturated rings. The zero-order valence-electron chi connectivity index (χ0n) is 77.0. The average Bonchev–Trinajstić information content (AvgIpc) is 0.854. The van der Waals surface area contributed by atoms with Gasteiger partial charge in [-0.2, -0.15) is 0 Å². The molecular formula is C102H83BN4. The van der Waals surface area contributed by atoms with Gasteiger partial charge in [-0.05, 0) is 167 Å². The van der Waals surface area contributed by atoms with Gasteiger partial charge in [-0.15, -0.1) is 0 Å². The van der Waals surface area contributed by atoms with E-state index < -0.39 is 109 Å². The standard InChI is InChI=1S/C102H83BN4/c1-100(2,3)74-40-26-38-72(60-74)81-48-28-46-79(70-36-24-34-68(58-70)66-30-12-10-13-31-66)98(81)106-93-64-77(104-89-50-20-16-42-83(89)84-43-17-21-51-90(84)104)54-56-87(93)103-88-57-55-78(105-91-52-22-18-44-85(91)86-45-19-23-53-92(86)105)65-94(88)107(96-63-76(102(7,8)9)62-95(106)97(96)103)99-80(71-37-25-35-69(59-71)67-32-14-11-15-33-67)47-29-49-82(99)73-39-27-41-75(61-73)101(4,5)6/h10-65H,1-9H3/i16D,17D,18D,19D,20D,21D,22D,23D,42D,43D,44D,45D,50D,51D,52D,53D. The monoisotopic (exact) mass is 1390 g/mol. The highest BCUT2D eigenvalue weighted by atomic mass is 15.2. The molecule has 0 N–H and O–H groups in total. The Morgan fingerprint density at radius 1 is 0.262 bits per heavy atom. The second kappa shape index (κ2) is 25.1. The number of anilines is 6. The Bertz CT molecular complexity index is 6840. The lowest BCUT2D eigenvalue weighted by molar-refractivity contribution is 0.590. The number of nitrogens with zero attached hydrogens (tertiary/aromatic N) is 4. The van der Waals surface area contributed by atoms with E-state index in [-0.39, 0.29) is 54.4 Å². The average molecular weight is 1390 g/mol. The van der Waals surface area contributed by atoms with Crippen LogP contribution in [0.15, 0.2) is 339 Å². The van der Waals surface area contributed by atoms with Crippen molar-refractivity contribution in [1.82, 2.24) is 9.13 Å².